The van der Waals surface area contributed by atoms with Crippen LogP contribution in [0.2, 0.25) is 0 Å². The van der Waals surface area contributed by atoms with Gasteiger partial charge >= 0.3 is 0 Å². The van der Waals surface area contributed by atoms with Crippen molar-refractivity contribution >= 4 is 38.7 Å². The molecule has 34 heavy (non-hydrogen) atoms. The van der Waals surface area contributed by atoms with Crippen molar-refractivity contribution in [1.29, 1.82) is 0 Å². The molecule has 1 atom stereocenters. The zero-order valence-corrected chi connectivity index (χ0v) is 20.8. The topological polar surface area (TPSA) is 134 Å². The van der Waals surface area contributed by atoms with Crippen LogP contribution < -0.4 is 16.1 Å². The van der Waals surface area contributed by atoms with Crippen LogP contribution >= 0.6 is 11.3 Å². The van der Waals surface area contributed by atoms with Crippen molar-refractivity contribution in [1.82, 2.24) is 10.8 Å². The van der Waals surface area contributed by atoms with E-state index in [2.05, 4.69) is 10.6 Å². The Kier molecular flexibility index (Phi) is 9.20. The molecule has 0 radical (unpaired) electrons. The lowest BCUT2D eigenvalue weighted by Gasteiger charge is -2.35. The molecule has 186 valence electrons. The fourth-order valence-electron chi connectivity index (χ4n) is 4.10. The molecule has 1 aliphatic heterocycles. The number of rotatable bonds is 11. The van der Waals surface area contributed by atoms with E-state index in [4.69, 9.17) is 9.94 Å². The van der Waals surface area contributed by atoms with Crippen LogP contribution in [0.4, 0.5) is 5.69 Å². The normalized spacial score (nSPS) is 19.5. The van der Waals surface area contributed by atoms with Gasteiger partial charge in [-0.15, -0.1) is 11.3 Å². The molecule has 4 N–H and O–H groups in total. The minimum absolute atomic E-state index is 0.0130. The van der Waals surface area contributed by atoms with Crippen LogP contribution in [-0.2, 0) is 28.9 Å². The third-order valence-corrected chi connectivity index (χ3v) is 9.86. The Morgan fingerprint density at radius 3 is 2.74 bits per heavy atom. The van der Waals surface area contributed by atoms with Crippen molar-refractivity contribution in [3.05, 3.63) is 41.3 Å². The maximum atomic E-state index is 13.1. The molecule has 1 fully saturated rings. The summed E-state index contributed by atoms with van der Waals surface area (Å²) in [5, 5.41) is 14.9. The summed E-state index contributed by atoms with van der Waals surface area (Å²) in [6, 6.07) is 10.9. The fourth-order valence-corrected chi connectivity index (χ4v) is 7.87. The van der Waals surface area contributed by atoms with Crippen molar-refractivity contribution < 1.29 is 28.0 Å². The molecule has 11 heteroatoms. The molecule has 1 aromatic heterocycles. The Morgan fingerprint density at radius 2 is 2.00 bits per heavy atom. The quantitative estimate of drug-likeness (QED) is 0.208. The molecular weight excluding hydrogens is 478 g/mol. The van der Waals surface area contributed by atoms with Gasteiger partial charge in [-0.05, 0) is 49.6 Å². The first-order valence-corrected chi connectivity index (χ1v) is 13.7. The third kappa shape index (κ3) is 6.22. The van der Waals surface area contributed by atoms with Crippen molar-refractivity contribution in [3.63, 3.8) is 0 Å². The average molecular weight is 510 g/mol. The molecular formula is C23H31N3O6S2. The van der Waals surface area contributed by atoms with Gasteiger partial charge in [-0.3, -0.25) is 14.8 Å². The predicted octanol–water partition coefficient (Wildman–Crippen LogP) is 2.67. The lowest BCUT2D eigenvalue weighted by atomic mass is 9.94. The third-order valence-electron chi connectivity index (χ3n) is 5.81. The summed E-state index contributed by atoms with van der Waals surface area (Å²) in [5.41, 5.74) is 3.04. The number of sulfone groups is 1. The summed E-state index contributed by atoms with van der Waals surface area (Å²) >= 11 is 1.32. The minimum atomic E-state index is -3.59. The number of hydrogen-bond donors (Lipinski definition) is 4. The zero-order chi connectivity index (χ0) is 24.6. The highest BCUT2D eigenvalue weighted by molar-refractivity contribution is 7.92. The lowest BCUT2D eigenvalue weighted by Crippen LogP contribution is -2.43. The van der Waals surface area contributed by atoms with Gasteiger partial charge in [0.05, 0.1) is 25.3 Å². The van der Waals surface area contributed by atoms with E-state index >= 15 is 0 Å². The van der Waals surface area contributed by atoms with Crippen molar-refractivity contribution in [3.8, 4) is 10.4 Å². The molecule has 0 spiro atoms. The smallest absolute Gasteiger partial charge is 0.245 e. The van der Waals surface area contributed by atoms with Gasteiger partial charge in [0.15, 0.2) is 9.84 Å². The number of hydroxylamine groups is 1. The number of ether oxygens (including phenoxy) is 1. The van der Waals surface area contributed by atoms with Gasteiger partial charge in [-0.25, -0.2) is 13.9 Å². The standard InChI is InChI=1S/C23H31N3O6S2/c1-2-32-12-11-24-16-22(28)25-18-7-5-6-17(14-18)19-8-9-20(33-19)23(15-21(27)26-29)10-3-4-13-34(23,30)31/h5-9,14,24,29H,2-4,10-13,15-16H2,1H3,(H,25,28)(H,26,27)/t23-/m0/s1. The van der Waals surface area contributed by atoms with E-state index in [-0.39, 0.29) is 24.6 Å². The van der Waals surface area contributed by atoms with Gasteiger partial charge in [0, 0.05) is 28.6 Å². The number of amides is 2. The van der Waals surface area contributed by atoms with Crippen molar-refractivity contribution in [2.45, 2.75) is 37.4 Å². The summed E-state index contributed by atoms with van der Waals surface area (Å²) < 4.78 is 30.1. The summed E-state index contributed by atoms with van der Waals surface area (Å²) in [6.45, 7) is 3.83. The number of carbonyl (C=O) groups is 2. The van der Waals surface area contributed by atoms with E-state index < -0.39 is 20.5 Å². The van der Waals surface area contributed by atoms with Crippen LogP contribution in [0.5, 0.6) is 0 Å². The maximum Gasteiger partial charge on any atom is 0.245 e. The number of benzene rings is 1. The van der Waals surface area contributed by atoms with E-state index in [1.54, 1.807) is 17.6 Å². The van der Waals surface area contributed by atoms with Gasteiger partial charge in [0.1, 0.15) is 4.75 Å². The molecule has 2 heterocycles. The molecule has 3 rings (SSSR count). The molecule has 2 amide bonds. The van der Waals surface area contributed by atoms with Crippen LogP contribution in [0.15, 0.2) is 36.4 Å². The largest absolute Gasteiger partial charge is 0.380 e. The number of hydrogen-bond acceptors (Lipinski definition) is 8. The second kappa shape index (κ2) is 11.9. The predicted molar refractivity (Wildman–Crippen MR) is 132 cm³/mol. The summed E-state index contributed by atoms with van der Waals surface area (Å²) in [4.78, 5) is 25.6. The zero-order valence-electron chi connectivity index (χ0n) is 19.1. The monoisotopic (exact) mass is 509 g/mol. The number of nitrogens with one attached hydrogen (secondary N) is 3. The van der Waals surface area contributed by atoms with Gasteiger partial charge < -0.3 is 15.4 Å². The fraction of sp³-hybridized carbons (Fsp3) is 0.478. The molecule has 0 unspecified atom stereocenters. The number of thiophene rings is 1. The Hall–Kier alpha value is -2.31. The Balaban J connectivity index is 1.77. The van der Waals surface area contributed by atoms with Crippen LogP contribution in [0.1, 0.15) is 37.5 Å². The summed E-state index contributed by atoms with van der Waals surface area (Å²) in [7, 11) is -3.59. The molecule has 1 aromatic carbocycles. The van der Waals surface area contributed by atoms with E-state index in [0.717, 1.165) is 10.4 Å². The molecule has 2 aromatic rings. The van der Waals surface area contributed by atoms with Crippen LogP contribution in [-0.4, -0.2) is 57.5 Å². The van der Waals surface area contributed by atoms with Gasteiger partial charge in [0.25, 0.3) is 0 Å². The van der Waals surface area contributed by atoms with E-state index in [1.165, 1.54) is 11.3 Å². The second-order valence-electron chi connectivity index (χ2n) is 8.15. The summed E-state index contributed by atoms with van der Waals surface area (Å²) in [6.07, 6.45) is 1.25. The SMILES string of the molecule is CCOCCNCC(=O)Nc1cccc(-c2ccc([C@@]3(CC(=O)NO)CCCCS3(=O)=O)s2)c1. The van der Waals surface area contributed by atoms with Gasteiger partial charge in [0.2, 0.25) is 11.8 Å². The highest BCUT2D eigenvalue weighted by atomic mass is 32.2. The first-order chi connectivity index (χ1) is 16.3. The van der Waals surface area contributed by atoms with E-state index in [0.29, 0.717) is 49.6 Å². The van der Waals surface area contributed by atoms with Crippen LogP contribution in [0.3, 0.4) is 0 Å². The first kappa shape index (κ1) is 26.3. The Morgan fingerprint density at radius 1 is 1.18 bits per heavy atom. The maximum absolute atomic E-state index is 13.1. The van der Waals surface area contributed by atoms with E-state index in [9.17, 15) is 18.0 Å². The summed E-state index contributed by atoms with van der Waals surface area (Å²) in [5.74, 6) is -0.887. The van der Waals surface area contributed by atoms with Gasteiger partial charge in [-0.1, -0.05) is 18.6 Å². The molecule has 9 nitrogen and oxygen atoms in total. The van der Waals surface area contributed by atoms with E-state index in [1.807, 2.05) is 31.2 Å². The average Bonchev–Trinajstić information content (AvgIpc) is 3.31. The van der Waals surface area contributed by atoms with Crippen molar-refractivity contribution in [2.24, 2.45) is 0 Å². The first-order valence-electron chi connectivity index (χ1n) is 11.3. The molecule has 1 aliphatic rings. The highest BCUT2D eigenvalue weighted by Gasteiger charge is 2.49. The second-order valence-corrected chi connectivity index (χ2v) is 11.7. The lowest BCUT2D eigenvalue weighted by molar-refractivity contribution is -0.130. The number of carbonyl (C=O) groups excluding carboxylic acids is 2. The highest BCUT2D eigenvalue weighted by Crippen LogP contribution is 2.47. The Bertz CT molecular complexity index is 1100. The minimum Gasteiger partial charge on any atom is -0.380 e. The Labute approximate surface area is 203 Å². The van der Waals surface area contributed by atoms with Gasteiger partial charge in [-0.2, -0.15) is 0 Å². The number of anilines is 1. The molecule has 0 saturated carbocycles. The molecule has 1 saturated heterocycles. The molecule has 0 bridgehead atoms. The van der Waals surface area contributed by atoms with Crippen LogP contribution in [0.25, 0.3) is 10.4 Å². The van der Waals surface area contributed by atoms with Crippen molar-refractivity contribution in [2.75, 3.05) is 37.4 Å². The van der Waals surface area contributed by atoms with Crippen LogP contribution in [0, 0.1) is 0 Å². The molecule has 0 aliphatic carbocycles.